The van der Waals surface area contributed by atoms with E-state index in [0.29, 0.717) is 19.0 Å². The fourth-order valence-corrected chi connectivity index (χ4v) is 3.53. The summed E-state index contributed by atoms with van der Waals surface area (Å²) in [5.41, 5.74) is 0. The van der Waals surface area contributed by atoms with Gasteiger partial charge in [0.25, 0.3) is 0 Å². The predicted molar refractivity (Wildman–Crippen MR) is 117 cm³/mol. The van der Waals surface area contributed by atoms with Gasteiger partial charge >= 0.3 is 5.97 Å². The van der Waals surface area contributed by atoms with Crippen molar-refractivity contribution in [3.63, 3.8) is 0 Å². The molecule has 0 heterocycles. The van der Waals surface area contributed by atoms with E-state index >= 15 is 0 Å². The zero-order valence-corrected chi connectivity index (χ0v) is 18.9. The van der Waals surface area contributed by atoms with Crippen LogP contribution >= 0.6 is 23.5 Å². The Balaban J connectivity index is 3.84. The van der Waals surface area contributed by atoms with Crippen LogP contribution in [0.25, 0.3) is 0 Å². The molecule has 0 saturated carbocycles. The molecule has 0 aromatic carbocycles. The first kappa shape index (κ1) is 26.8. The number of carbonyl (C=O) groups is 3. The number of carboxylic acid groups (broad SMARTS) is 1. The van der Waals surface area contributed by atoms with Crippen LogP contribution in [0.3, 0.4) is 0 Å². The molecular weight excluding hydrogens is 400 g/mol. The number of aliphatic carboxylic acids is 1. The van der Waals surface area contributed by atoms with Crippen LogP contribution in [0, 0.1) is 0 Å². The topological polar surface area (TPSA) is 105 Å². The number of ether oxygens (including phenoxy) is 1. The smallest absolute Gasteiger partial charge is 0.347 e. The number of carboxylic acids is 1. The Hall–Kier alpha value is -1.19. The maximum Gasteiger partial charge on any atom is 0.347 e. The lowest BCUT2D eigenvalue weighted by atomic mass is 10.1. The Labute approximate surface area is 176 Å². The second-order valence-corrected chi connectivity index (χ2v) is 9.64. The van der Waals surface area contributed by atoms with Crippen LogP contribution in [0.1, 0.15) is 47.0 Å². The van der Waals surface area contributed by atoms with Crippen molar-refractivity contribution in [3.05, 3.63) is 12.2 Å². The van der Waals surface area contributed by atoms with E-state index in [-0.39, 0.29) is 17.6 Å². The maximum atomic E-state index is 11.9. The monoisotopic (exact) mass is 434 g/mol. The van der Waals surface area contributed by atoms with E-state index in [0.717, 1.165) is 17.9 Å². The Morgan fingerprint density at radius 2 is 1.75 bits per heavy atom. The molecule has 0 bridgehead atoms. The van der Waals surface area contributed by atoms with Gasteiger partial charge in [-0.3, -0.25) is 9.59 Å². The molecule has 0 fully saturated rings. The van der Waals surface area contributed by atoms with Gasteiger partial charge in [-0.2, -0.15) is 23.5 Å². The van der Waals surface area contributed by atoms with Gasteiger partial charge < -0.3 is 20.5 Å². The molecule has 3 N–H and O–H groups in total. The van der Waals surface area contributed by atoms with E-state index in [4.69, 9.17) is 9.84 Å². The molecule has 0 aliphatic heterocycles. The standard InChI is InChI=1S/C19H34N2O5S2/c1-5-7-8-15(22)20-17(18(24)25)21-16(23)9-12-27-13-10-26-11-14-28-19(3,4)6-2/h5,7,17H,6,8-14H2,1-4H3,(H,20,22)(H,21,23)(H,24,25)/b7-5+. The number of allylic oxidation sites excluding steroid dienone is 1. The molecule has 0 spiro atoms. The third kappa shape index (κ3) is 14.8. The highest BCUT2D eigenvalue weighted by Gasteiger charge is 2.21. The molecule has 0 rings (SSSR count). The summed E-state index contributed by atoms with van der Waals surface area (Å²) in [4.78, 5) is 34.6. The third-order valence-electron chi connectivity index (χ3n) is 3.81. The molecule has 0 aromatic heterocycles. The lowest BCUT2D eigenvalue weighted by Gasteiger charge is -2.21. The van der Waals surface area contributed by atoms with Crippen molar-refractivity contribution >= 4 is 41.3 Å². The molecule has 162 valence electrons. The minimum absolute atomic E-state index is 0.0699. The molecule has 7 nitrogen and oxygen atoms in total. The minimum atomic E-state index is -1.41. The van der Waals surface area contributed by atoms with E-state index in [1.54, 1.807) is 30.8 Å². The molecule has 0 saturated heterocycles. The summed E-state index contributed by atoms with van der Waals surface area (Å²) in [5, 5.41) is 13.7. The summed E-state index contributed by atoms with van der Waals surface area (Å²) in [6.45, 7) is 9.72. The third-order valence-corrected chi connectivity index (χ3v) is 6.20. The van der Waals surface area contributed by atoms with Gasteiger partial charge in [0.2, 0.25) is 18.0 Å². The quantitative estimate of drug-likeness (QED) is 0.195. The fraction of sp³-hybridized carbons (Fsp3) is 0.737. The largest absolute Gasteiger partial charge is 0.478 e. The summed E-state index contributed by atoms with van der Waals surface area (Å²) < 4.78 is 5.86. The van der Waals surface area contributed by atoms with Crippen LogP contribution in [-0.4, -0.2) is 64.3 Å². The van der Waals surface area contributed by atoms with Crippen LogP contribution in [0.2, 0.25) is 0 Å². The van der Waals surface area contributed by atoms with Crippen molar-refractivity contribution in [1.29, 1.82) is 0 Å². The first-order chi connectivity index (χ1) is 13.2. The summed E-state index contributed by atoms with van der Waals surface area (Å²) in [6.07, 6.45) is 3.26. The summed E-state index contributed by atoms with van der Waals surface area (Å²) >= 11 is 3.47. The zero-order valence-electron chi connectivity index (χ0n) is 17.3. The number of amides is 2. The van der Waals surface area contributed by atoms with Crippen LogP contribution in [-0.2, 0) is 19.1 Å². The van der Waals surface area contributed by atoms with Crippen molar-refractivity contribution in [3.8, 4) is 0 Å². The zero-order chi connectivity index (χ0) is 21.4. The first-order valence-corrected chi connectivity index (χ1v) is 11.6. The Morgan fingerprint density at radius 1 is 1.11 bits per heavy atom. The first-order valence-electron chi connectivity index (χ1n) is 9.44. The van der Waals surface area contributed by atoms with E-state index in [1.807, 2.05) is 11.8 Å². The van der Waals surface area contributed by atoms with E-state index in [9.17, 15) is 14.4 Å². The lowest BCUT2D eigenvalue weighted by Crippen LogP contribution is -2.52. The second kappa shape index (κ2) is 15.7. The van der Waals surface area contributed by atoms with Gasteiger partial charge in [0, 0.05) is 34.8 Å². The number of thioether (sulfide) groups is 2. The number of carbonyl (C=O) groups excluding carboxylic acids is 2. The van der Waals surface area contributed by atoms with Gasteiger partial charge in [-0.25, -0.2) is 4.79 Å². The molecule has 2 amide bonds. The molecule has 0 aromatic rings. The lowest BCUT2D eigenvalue weighted by molar-refractivity contribution is -0.144. The second-order valence-electron chi connectivity index (χ2n) is 6.62. The molecule has 0 aliphatic rings. The number of nitrogens with one attached hydrogen (secondary N) is 2. The summed E-state index contributed by atoms with van der Waals surface area (Å²) in [6, 6.07) is 0. The highest BCUT2D eigenvalue weighted by molar-refractivity contribution is 8.00. The van der Waals surface area contributed by atoms with Gasteiger partial charge in [-0.05, 0) is 13.3 Å². The van der Waals surface area contributed by atoms with Crippen molar-refractivity contribution in [2.24, 2.45) is 0 Å². The normalized spacial score (nSPS) is 12.7. The molecule has 28 heavy (non-hydrogen) atoms. The highest BCUT2D eigenvalue weighted by Crippen LogP contribution is 2.27. The average Bonchev–Trinajstić information content (AvgIpc) is 2.64. The molecule has 1 unspecified atom stereocenters. The number of hydrogen-bond donors (Lipinski definition) is 3. The Bertz CT molecular complexity index is 513. The van der Waals surface area contributed by atoms with Gasteiger partial charge in [0.05, 0.1) is 13.2 Å². The molecule has 0 aliphatic carbocycles. The van der Waals surface area contributed by atoms with Gasteiger partial charge in [-0.15, -0.1) is 0 Å². The van der Waals surface area contributed by atoms with Crippen molar-refractivity contribution in [2.45, 2.75) is 57.9 Å². The van der Waals surface area contributed by atoms with Crippen LogP contribution in [0.15, 0.2) is 12.2 Å². The van der Waals surface area contributed by atoms with E-state index in [1.165, 1.54) is 0 Å². The van der Waals surface area contributed by atoms with Gasteiger partial charge in [-0.1, -0.05) is 32.9 Å². The predicted octanol–water partition coefficient (Wildman–Crippen LogP) is 2.66. The van der Waals surface area contributed by atoms with E-state index in [2.05, 4.69) is 31.4 Å². The van der Waals surface area contributed by atoms with E-state index < -0.39 is 23.9 Å². The molecule has 1 atom stereocenters. The van der Waals surface area contributed by atoms with Crippen LogP contribution in [0.4, 0.5) is 0 Å². The number of hydrogen-bond acceptors (Lipinski definition) is 6. The highest BCUT2D eigenvalue weighted by atomic mass is 32.2. The maximum absolute atomic E-state index is 11.9. The summed E-state index contributed by atoms with van der Waals surface area (Å²) in [5.74, 6) is 0.128. The van der Waals surface area contributed by atoms with Gasteiger partial charge in [0.15, 0.2) is 0 Å². The average molecular weight is 435 g/mol. The SMILES string of the molecule is C/C=C/CC(=O)NC(NC(=O)CCSCCOCCSC(C)(C)CC)C(=O)O. The minimum Gasteiger partial charge on any atom is -0.478 e. The Kier molecular flexibility index (Phi) is 15.0. The van der Waals surface area contributed by atoms with Crippen LogP contribution in [0.5, 0.6) is 0 Å². The van der Waals surface area contributed by atoms with Crippen molar-refractivity contribution in [1.82, 2.24) is 10.6 Å². The Morgan fingerprint density at radius 3 is 2.36 bits per heavy atom. The van der Waals surface area contributed by atoms with Crippen molar-refractivity contribution < 1.29 is 24.2 Å². The van der Waals surface area contributed by atoms with Crippen LogP contribution < -0.4 is 10.6 Å². The summed E-state index contributed by atoms with van der Waals surface area (Å²) in [7, 11) is 0. The van der Waals surface area contributed by atoms with Crippen molar-refractivity contribution in [2.75, 3.05) is 30.5 Å². The number of rotatable bonds is 16. The fourth-order valence-electron chi connectivity index (χ4n) is 1.80. The molecule has 9 heteroatoms. The van der Waals surface area contributed by atoms with Gasteiger partial charge in [0.1, 0.15) is 0 Å². The molecule has 0 radical (unpaired) electrons. The molecular formula is C19H34N2O5S2.